The number of amides is 1. The van der Waals surface area contributed by atoms with Gasteiger partial charge in [0.15, 0.2) is 0 Å². The van der Waals surface area contributed by atoms with E-state index in [4.69, 9.17) is 5.73 Å². The van der Waals surface area contributed by atoms with Crippen LogP contribution in [0.2, 0.25) is 0 Å². The molecule has 0 saturated carbocycles. The lowest BCUT2D eigenvalue weighted by atomic mass is 10.1. The SMILES string of the molecule is Cc1cc(C(=O)Nc2ccc(C(F)(F)F)cc2N)sc1C. The quantitative estimate of drug-likeness (QED) is 0.816. The molecule has 0 radical (unpaired) electrons. The number of nitrogens with one attached hydrogen (secondary N) is 1. The first-order valence-electron chi connectivity index (χ1n) is 6.03. The maximum absolute atomic E-state index is 12.5. The van der Waals surface area contributed by atoms with Crippen molar-refractivity contribution < 1.29 is 18.0 Å². The second-order valence-electron chi connectivity index (χ2n) is 4.60. The van der Waals surface area contributed by atoms with Gasteiger partial charge in [-0.15, -0.1) is 11.3 Å². The molecule has 2 rings (SSSR count). The maximum Gasteiger partial charge on any atom is 0.416 e. The Morgan fingerprint density at radius 1 is 1.24 bits per heavy atom. The molecule has 1 aromatic carbocycles. The van der Waals surface area contributed by atoms with Gasteiger partial charge >= 0.3 is 6.18 Å². The van der Waals surface area contributed by atoms with Crippen LogP contribution >= 0.6 is 11.3 Å². The summed E-state index contributed by atoms with van der Waals surface area (Å²) >= 11 is 1.32. The van der Waals surface area contributed by atoms with E-state index in [1.807, 2.05) is 13.8 Å². The monoisotopic (exact) mass is 314 g/mol. The molecule has 0 atom stereocenters. The third-order valence-electron chi connectivity index (χ3n) is 3.02. The number of alkyl halides is 3. The van der Waals surface area contributed by atoms with E-state index >= 15 is 0 Å². The van der Waals surface area contributed by atoms with E-state index < -0.39 is 11.7 Å². The highest BCUT2D eigenvalue weighted by atomic mass is 32.1. The molecule has 3 N–H and O–H groups in total. The van der Waals surface area contributed by atoms with Crippen molar-refractivity contribution in [2.45, 2.75) is 20.0 Å². The van der Waals surface area contributed by atoms with Gasteiger partial charge in [0.05, 0.1) is 21.8 Å². The molecule has 1 heterocycles. The highest BCUT2D eigenvalue weighted by molar-refractivity contribution is 7.14. The fourth-order valence-electron chi connectivity index (χ4n) is 1.72. The minimum Gasteiger partial charge on any atom is -0.397 e. The molecule has 1 aromatic heterocycles. The van der Waals surface area contributed by atoms with E-state index in [0.29, 0.717) is 4.88 Å². The molecular formula is C14H13F3N2OS. The van der Waals surface area contributed by atoms with Gasteiger partial charge in [-0.2, -0.15) is 13.2 Å². The second-order valence-corrected chi connectivity index (χ2v) is 5.86. The molecule has 0 aliphatic rings. The minimum atomic E-state index is -4.46. The Balaban J connectivity index is 2.22. The molecule has 112 valence electrons. The van der Waals surface area contributed by atoms with Gasteiger partial charge in [-0.05, 0) is 43.7 Å². The highest BCUT2D eigenvalue weighted by Gasteiger charge is 2.30. The van der Waals surface area contributed by atoms with E-state index in [1.165, 1.54) is 11.3 Å². The Kier molecular flexibility index (Phi) is 3.95. The number of carbonyl (C=O) groups is 1. The van der Waals surface area contributed by atoms with Gasteiger partial charge in [-0.3, -0.25) is 4.79 Å². The van der Waals surface area contributed by atoms with E-state index in [9.17, 15) is 18.0 Å². The van der Waals surface area contributed by atoms with Crippen LogP contribution in [0.1, 0.15) is 25.7 Å². The topological polar surface area (TPSA) is 55.1 Å². The summed E-state index contributed by atoms with van der Waals surface area (Å²) in [5.41, 5.74) is 5.75. The standard InChI is InChI=1S/C14H13F3N2OS/c1-7-5-12(21-8(7)2)13(20)19-11-4-3-9(6-10(11)18)14(15,16)17/h3-6H,18H2,1-2H3,(H,19,20). The van der Waals surface area contributed by atoms with E-state index in [2.05, 4.69) is 5.32 Å². The summed E-state index contributed by atoms with van der Waals surface area (Å²) in [6, 6.07) is 4.58. The zero-order valence-electron chi connectivity index (χ0n) is 11.3. The third kappa shape index (κ3) is 3.36. The molecule has 0 saturated heterocycles. The average molecular weight is 314 g/mol. The van der Waals surface area contributed by atoms with Crippen molar-refractivity contribution in [3.8, 4) is 0 Å². The number of nitrogen functional groups attached to an aromatic ring is 1. The molecule has 0 aliphatic heterocycles. The third-order valence-corrected chi connectivity index (χ3v) is 4.17. The summed E-state index contributed by atoms with van der Waals surface area (Å²) in [6.07, 6.45) is -4.46. The number of nitrogens with two attached hydrogens (primary N) is 1. The van der Waals surface area contributed by atoms with Crippen molar-refractivity contribution in [3.05, 3.63) is 45.1 Å². The van der Waals surface area contributed by atoms with Crippen LogP contribution in [0, 0.1) is 13.8 Å². The minimum absolute atomic E-state index is 0.122. The number of hydrogen-bond acceptors (Lipinski definition) is 3. The molecule has 0 bridgehead atoms. The largest absolute Gasteiger partial charge is 0.416 e. The normalized spacial score (nSPS) is 11.5. The van der Waals surface area contributed by atoms with E-state index in [0.717, 1.165) is 28.6 Å². The number of hydrogen-bond donors (Lipinski definition) is 2. The van der Waals surface area contributed by atoms with Crippen LogP contribution in [0.15, 0.2) is 24.3 Å². The summed E-state index contributed by atoms with van der Waals surface area (Å²) in [7, 11) is 0. The highest BCUT2D eigenvalue weighted by Crippen LogP contribution is 2.33. The predicted octanol–water partition coefficient (Wildman–Crippen LogP) is 4.22. The maximum atomic E-state index is 12.5. The number of thiophene rings is 1. The molecule has 7 heteroatoms. The summed E-state index contributed by atoms with van der Waals surface area (Å²) in [4.78, 5) is 13.5. The van der Waals surface area contributed by atoms with Crippen LogP contribution in [0.3, 0.4) is 0 Å². The van der Waals surface area contributed by atoms with Crippen LogP contribution in [0.25, 0.3) is 0 Å². The van der Waals surface area contributed by atoms with Crippen molar-refractivity contribution in [3.63, 3.8) is 0 Å². The van der Waals surface area contributed by atoms with Crippen molar-refractivity contribution >= 4 is 28.6 Å². The molecule has 0 spiro atoms. The Labute approximate surface area is 123 Å². The Hall–Kier alpha value is -2.02. The lowest BCUT2D eigenvalue weighted by Gasteiger charge is -2.11. The first-order chi connectivity index (χ1) is 9.68. The van der Waals surface area contributed by atoms with E-state index in [-0.39, 0.29) is 17.3 Å². The number of aryl methyl sites for hydroxylation is 2. The molecule has 0 aliphatic carbocycles. The van der Waals surface area contributed by atoms with Crippen LogP contribution in [0.5, 0.6) is 0 Å². The molecular weight excluding hydrogens is 301 g/mol. The average Bonchev–Trinajstić information content (AvgIpc) is 2.71. The van der Waals surface area contributed by atoms with Gasteiger partial charge in [-0.1, -0.05) is 0 Å². The van der Waals surface area contributed by atoms with Gasteiger partial charge in [0.25, 0.3) is 5.91 Å². The molecule has 1 amide bonds. The van der Waals surface area contributed by atoms with Crippen molar-refractivity contribution in [2.75, 3.05) is 11.1 Å². The molecule has 3 nitrogen and oxygen atoms in total. The first-order valence-corrected chi connectivity index (χ1v) is 6.85. The van der Waals surface area contributed by atoms with Crippen LogP contribution in [0.4, 0.5) is 24.5 Å². The summed E-state index contributed by atoms with van der Waals surface area (Å²) in [6.45, 7) is 3.78. The van der Waals surface area contributed by atoms with Crippen LogP contribution < -0.4 is 11.1 Å². The first kappa shape index (κ1) is 15.4. The fourth-order valence-corrected chi connectivity index (χ4v) is 2.65. The fraction of sp³-hybridized carbons (Fsp3) is 0.214. The molecule has 2 aromatic rings. The van der Waals surface area contributed by atoms with E-state index in [1.54, 1.807) is 6.07 Å². The van der Waals surface area contributed by atoms with Crippen molar-refractivity contribution in [1.82, 2.24) is 0 Å². The lowest BCUT2D eigenvalue weighted by molar-refractivity contribution is -0.137. The zero-order valence-corrected chi connectivity index (χ0v) is 12.2. The number of halogens is 3. The molecule has 0 unspecified atom stereocenters. The Morgan fingerprint density at radius 2 is 1.90 bits per heavy atom. The van der Waals surface area contributed by atoms with Gasteiger partial charge in [0.1, 0.15) is 0 Å². The van der Waals surface area contributed by atoms with Crippen molar-refractivity contribution in [1.29, 1.82) is 0 Å². The number of rotatable bonds is 2. The number of carbonyl (C=O) groups excluding carboxylic acids is 1. The van der Waals surface area contributed by atoms with Crippen molar-refractivity contribution in [2.24, 2.45) is 0 Å². The number of anilines is 2. The van der Waals surface area contributed by atoms with Gasteiger partial charge < -0.3 is 11.1 Å². The molecule has 21 heavy (non-hydrogen) atoms. The summed E-state index contributed by atoms with van der Waals surface area (Å²) < 4.78 is 37.6. The number of benzene rings is 1. The zero-order chi connectivity index (χ0) is 15.8. The molecule has 0 fully saturated rings. The van der Waals surface area contributed by atoms with Crippen LogP contribution in [-0.2, 0) is 6.18 Å². The smallest absolute Gasteiger partial charge is 0.397 e. The summed E-state index contributed by atoms with van der Waals surface area (Å²) in [5.74, 6) is -0.386. The van der Waals surface area contributed by atoms with Gasteiger partial charge in [0.2, 0.25) is 0 Å². The van der Waals surface area contributed by atoms with Gasteiger partial charge in [-0.25, -0.2) is 0 Å². The predicted molar refractivity (Wildman–Crippen MR) is 77.6 cm³/mol. The Bertz CT molecular complexity index is 673. The Morgan fingerprint density at radius 3 is 2.38 bits per heavy atom. The lowest BCUT2D eigenvalue weighted by Crippen LogP contribution is -2.13. The summed E-state index contributed by atoms with van der Waals surface area (Å²) in [5, 5.41) is 2.52. The van der Waals surface area contributed by atoms with Crippen LogP contribution in [-0.4, -0.2) is 5.91 Å². The second kappa shape index (κ2) is 5.40. The van der Waals surface area contributed by atoms with Gasteiger partial charge in [0, 0.05) is 4.88 Å².